The van der Waals surface area contributed by atoms with Crippen molar-refractivity contribution in [2.75, 3.05) is 0 Å². The molecule has 1 heterocycles. The molecule has 5 heteroatoms. The van der Waals surface area contributed by atoms with Crippen molar-refractivity contribution in [1.82, 2.24) is 10.4 Å². The average Bonchev–Trinajstić information content (AvgIpc) is 2.56. The first-order valence-corrected chi connectivity index (χ1v) is 4.39. The van der Waals surface area contributed by atoms with Gasteiger partial charge in [0, 0.05) is 10.9 Å². The normalized spacial score (nSPS) is 10.4. The summed E-state index contributed by atoms with van der Waals surface area (Å²) in [6, 6.07) is 7.39. The second kappa shape index (κ2) is 3.32. The van der Waals surface area contributed by atoms with Crippen LogP contribution in [-0.4, -0.2) is 10.9 Å². The highest BCUT2D eigenvalue weighted by Crippen LogP contribution is 2.26. The van der Waals surface area contributed by atoms with Gasteiger partial charge >= 0.3 is 0 Å². The number of H-pyrrole nitrogens is 1. The van der Waals surface area contributed by atoms with Gasteiger partial charge in [-0.2, -0.15) is 0 Å². The zero-order chi connectivity index (χ0) is 10.1. The monoisotopic (exact) mass is 209 g/mol. The Bertz CT molecular complexity index is 492. The Morgan fingerprint density at radius 1 is 1.43 bits per heavy atom. The van der Waals surface area contributed by atoms with Gasteiger partial charge in [0.25, 0.3) is 5.91 Å². The lowest BCUT2D eigenvalue weighted by molar-refractivity contribution is 0.0949. The molecule has 2 aromatic rings. The molecular formula is C9H8ClN3O. The van der Waals surface area contributed by atoms with Crippen LogP contribution < -0.4 is 11.3 Å². The van der Waals surface area contributed by atoms with Crippen molar-refractivity contribution in [3.05, 3.63) is 35.0 Å². The number of hydrogen-bond donors (Lipinski definition) is 3. The summed E-state index contributed by atoms with van der Waals surface area (Å²) in [5.74, 6) is 4.59. The zero-order valence-electron chi connectivity index (χ0n) is 7.17. The summed E-state index contributed by atoms with van der Waals surface area (Å²) in [4.78, 5) is 14.1. The van der Waals surface area contributed by atoms with Crippen LogP contribution in [0.4, 0.5) is 0 Å². The molecule has 0 aliphatic carbocycles. The number of fused-ring (bicyclic) bond motifs is 1. The van der Waals surface area contributed by atoms with Gasteiger partial charge < -0.3 is 4.98 Å². The number of hydrogen-bond acceptors (Lipinski definition) is 2. The Kier molecular flexibility index (Phi) is 2.15. The number of nitrogens with two attached hydrogens (primary N) is 1. The van der Waals surface area contributed by atoms with E-state index < -0.39 is 5.91 Å². The van der Waals surface area contributed by atoms with Crippen molar-refractivity contribution >= 4 is 28.4 Å². The summed E-state index contributed by atoms with van der Waals surface area (Å²) >= 11 is 5.98. The van der Waals surface area contributed by atoms with Crippen LogP contribution in [0.2, 0.25) is 5.02 Å². The third-order valence-corrected chi connectivity index (χ3v) is 2.39. The Morgan fingerprint density at radius 3 is 2.79 bits per heavy atom. The molecule has 0 fully saturated rings. The van der Waals surface area contributed by atoms with Crippen molar-refractivity contribution in [1.29, 1.82) is 0 Å². The van der Waals surface area contributed by atoms with E-state index in [9.17, 15) is 4.79 Å². The number of rotatable bonds is 1. The summed E-state index contributed by atoms with van der Waals surface area (Å²) in [5, 5.41) is 1.20. The van der Waals surface area contributed by atoms with E-state index in [2.05, 4.69) is 4.98 Å². The molecule has 0 aliphatic rings. The number of aromatic amines is 1. The lowest BCUT2D eigenvalue weighted by atomic mass is 10.2. The van der Waals surface area contributed by atoms with Gasteiger partial charge in [-0.05, 0) is 6.07 Å². The first-order valence-electron chi connectivity index (χ1n) is 4.01. The SMILES string of the molecule is NNC(=O)c1[nH]c2ccccc2c1Cl. The highest BCUT2D eigenvalue weighted by Gasteiger charge is 2.14. The largest absolute Gasteiger partial charge is 0.349 e. The highest BCUT2D eigenvalue weighted by molar-refractivity contribution is 6.38. The van der Waals surface area contributed by atoms with Gasteiger partial charge in [-0.1, -0.05) is 29.8 Å². The Hall–Kier alpha value is -1.52. The van der Waals surface area contributed by atoms with Crippen LogP contribution >= 0.6 is 11.6 Å². The molecule has 1 aromatic heterocycles. The van der Waals surface area contributed by atoms with E-state index in [1.54, 1.807) is 0 Å². The van der Waals surface area contributed by atoms with E-state index >= 15 is 0 Å². The minimum atomic E-state index is -0.425. The molecule has 4 N–H and O–H groups in total. The number of nitrogen functional groups attached to an aromatic ring is 1. The molecule has 2 rings (SSSR count). The van der Waals surface area contributed by atoms with Gasteiger partial charge in [-0.3, -0.25) is 10.2 Å². The molecule has 0 aliphatic heterocycles. The van der Waals surface area contributed by atoms with E-state index in [1.165, 1.54) is 0 Å². The highest BCUT2D eigenvalue weighted by atomic mass is 35.5. The molecule has 1 aromatic carbocycles. The second-order valence-corrected chi connectivity index (χ2v) is 3.21. The predicted molar refractivity (Wildman–Crippen MR) is 55.0 cm³/mol. The molecule has 0 unspecified atom stereocenters. The summed E-state index contributed by atoms with van der Waals surface area (Å²) in [7, 11) is 0. The van der Waals surface area contributed by atoms with Crippen molar-refractivity contribution in [2.45, 2.75) is 0 Å². The number of halogens is 1. The topological polar surface area (TPSA) is 70.9 Å². The van der Waals surface area contributed by atoms with Gasteiger partial charge in [0.1, 0.15) is 5.69 Å². The summed E-state index contributed by atoms with van der Waals surface area (Å²) < 4.78 is 0. The fraction of sp³-hybridized carbons (Fsp3) is 0. The van der Waals surface area contributed by atoms with Gasteiger partial charge in [0.15, 0.2) is 0 Å². The number of aromatic nitrogens is 1. The van der Waals surface area contributed by atoms with Crippen LogP contribution in [0.5, 0.6) is 0 Å². The number of nitrogens with one attached hydrogen (secondary N) is 2. The summed E-state index contributed by atoms with van der Waals surface area (Å²) in [5.41, 5.74) is 3.13. The fourth-order valence-electron chi connectivity index (χ4n) is 1.34. The zero-order valence-corrected chi connectivity index (χ0v) is 7.93. The van der Waals surface area contributed by atoms with Crippen LogP contribution in [0.25, 0.3) is 10.9 Å². The first-order chi connectivity index (χ1) is 6.74. The second-order valence-electron chi connectivity index (χ2n) is 2.83. The van der Waals surface area contributed by atoms with Crippen LogP contribution in [0.1, 0.15) is 10.5 Å². The number of benzene rings is 1. The van der Waals surface area contributed by atoms with E-state index in [0.29, 0.717) is 5.02 Å². The van der Waals surface area contributed by atoms with E-state index in [1.807, 2.05) is 29.7 Å². The first kappa shape index (κ1) is 9.05. The predicted octanol–water partition coefficient (Wildman–Crippen LogP) is 1.42. The molecule has 4 nitrogen and oxygen atoms in total. The van der Waals surface area contributed by atoms with Crippen molar-refractivity contribution in [2.24, 2.45) is 5.84 Å². The maximum Gasteiger partial charge on any atom is 0.283 e. The molecule has 72 valence electrons. The summed E-state index contributed by atoms with van der Waals surface area (Å²) in [6.07, 6.45) is 0. The third-order valence-electron chi connectivity index (χ3n) is 2.00. The number of amides is 1. The Morgan fingerprint density at radius 2 is 2.14 bits per heavy atom. The molecule has 0 saturated heterocycles. The van der Waals surface area contributed by atoms with Crippen LogP contribution in [0.3, 0.4) is 0 Å². The fourth-order valence-corrected chi connectivity index (χ4v) is 1.63. The van der Waals surface area contributed by atoms with Gasteiger partial charge in [-0.15, -0.1) is 0 Å². The van der Waals surface area contributed by atoms with Gasteiger partial charge in [-0.25, -0.2) is 5.84 Å². The number of hydrazine groups is 1. The van der Waals surface area contributed by atoms with E-state index in [-0.39, 0.29) is 5.69 Å². The lowest BCUT2D eigenvalue weighted by Gasteiger charge is -1.94. The number of carbonyl (C=O) groups excluding carboxylic acids is 1. The average molecular weight is 210 g/mol. The molecule has 0 radical (unpaired) electrons. The van der Waals surface area contributed by atoms with Gasteiger partial charge in [0.2, 0.25) is 0 Å². The van der Waals surface area contributed by atoms with E-state index in [4.69, 9.17) is 17.4 Å². The maximum atomic E-state index is 11.3. The Labute approximate surface area is 85.0 Å². The number of carbonyl (C=O) groups is 1. The molecule has 1 amide bonds. The van der Waals surface area contributed by atoms with Crippen molar-refractivity contribution in [3.8, 4) is 0 Å². The minimum Gasteiger partial charge on any atom is -0.349 e. The molecule has 0 bridgehead atoms. The molecule has 0 saturated carbocycles. The summed E-state index contributed by atoms with van der Waals surface area (Å²) in [6.45, 7) is 0. The minimum absolute atomic E-state index is 0.287. The molecule has 0 atom stereocenters. The molecular weight excluding hydrogens is 202 g/mol. The maximum absolute atomic E-state index is 11.3. The van der Waals surface area contributed by atoms with Crippen molar-refractivity contribution in [3.63, 3.8) is 0 Å². The van der Waals surface area contributed by atoms with Crippen LogP contribution in [0.15, 0.2) is 24.3 Å². The third kappa shape index (κ3) is 1.25. The van der Waals surface area contributed by atoms with Crippen LogP contribution in [0, 0.1) is 0 Å². The van der Waals surface area contributed by atoms with Crippen molar-refractivity contribution < 1.29 is 4.79 Å². The van der Waals surface area contributed by atoms with Gasteiger partial charge in [0.05, 0.1) is 5.02 Å². The standard InChI is InChI=1S/C9H8ClN3O/c10-7-5-3-1-2-4-6(5)12-8(7)9(14)13-11/h1-4,12H,11H2,(H,13,14). The smallest absolute Gasteiger partial charge is 0.283 e. The van der Waals surface area contributed by atoms with Crippen LogP contribution in [-0.2, 0) is 0 Å². The quantitative estimate of drug-likeness (QED) is 0.378. The number of para-hydroxylation sites is 1. The molecule has 14 heavy (non-hydrogen) atoms. The Balaban J connectivity index is 2.68. The van der Waals surface area contributed by atoms with E-state index in [0.717, 1.165) is 10.9 Å². The lowest BCUT2D eigenvalue weighted by Crippen LogP contribution is -2.30. The molecule has 0 spiro atoms.